The van der Waals surface area contributed by atoms with Crippen LogP contribution < -0.4 is 11.1 Å². The maximum absolute atomic E-state index is 12.0. The van der Waals surface area contributed by atoms with E-state index in [1.165, 1.54) is 0 Å². The van der Waals surface area contributed by atoms with Gasteiger partial charge in [0.1, 0.15) is 0 Å². The van der Waals surface area contributed by atoms with Crippen LogP contribution in [0.2, 0.25) is 0 Å². The third-order valence-corrected chi connectivity index (χ3v) is 3.42. The van der Waals surface area contributed by atoms with Gasteiger partial charge in [-0.05, 0) is 18.4 Å². The molecule has 4 heteroatoms. The van der Waals surface area contributed by atoms with Crippen molar-refractivity contribution in [1.29, 1.82) is 0 Å². The molecule has 4 N–H and O–H groups in total. The standard InChI is InChI=1S/C13H18N2O2/c14-9-13(6-7-13)12(17)15-11(8-16)10-4-2-1-3-5-10/h1-5,11,16H,6-9,14H2,(H,15,17)/t11-/m0/s1. The minimum atomic E-state index is -0.373. The fourth-order valence-corrected chi connectivity index (χ4v) is 1.91. The van der Waals surface area contributed by atoms with Crippen LogP contribution in [0.4, 0.5) is 0 Å². The minimum absolute atomic E-state index is 0.0390. The lowest BCUT2D eigenvalue weighted by molar-refractivity contribution is -0.127. The van der Waals surface area contributed by atoms with Crippen LogP contribution in [-0.2, 0) is 4.79 Å². The highest BCUT2D eigenvalue weighted by Gasteiger charge is 2.48. The molecule has 4 nitrogen and oxygen atoms in total. The summed E-state index contributed by atoms with van der Waals surface area (Å²) in [5.74, 6) is -0.0390. The van der Waals surface area contributed by atoms with Crippen molar-refractivity contribution in [3.8, 4) is 0 Å². The lowest BCUT2D eigenvalue weighted by atomic mass is 10.0. The predicted octanol–water partition coefficient (Wildman–Crippen LogP) is 0.575. The number of nitrogens with two attached hydrogens (primary N) is 1. The van der Waals surface area contributed by atoms with E-state index in [1.807, 2.05) is 30.3 Å². The van der Waals surface area contributed by atoms with Gasteiger partial charge in [-0.1, -0.05) is 30.3 Å². The molecule has 0 bridgehead atoms. The number of nitrogens with one attached hydrogen (secondary N) is 1. The SMILES string of the molecule is NCC1(C(=O)N[C@@H](CO)c2ccccc2)CC1. The number of benzene rings is 1. The van der Waals surface area contributed by atoms with Gasteiger partial charge in [-0.15, -0.1) is 0 Å². The molecule has 92 valence electrons. The van der Waals surface area contributed by atoms with Crippen LogP contribution in [0.15, 0.2) is 30.3 Å². The topological polar surface area (TPSA) is 75.4 Å². The molecule has 1 aliphatic carbocycles. The third kappa shape index (κ3) is 2.48. The van der Waals surface area contributed by atoms with E-state index in [1.54, 1.807) is 0 Å². The maximum Gasteiger partial charge on any atom is 0.228 e. The van der Waals surface area contributed by atoms with Crippen molar-refractivity contribution in [3.05, 3.63) is 35.9 Å². The molecule has 0 spiro atoms. The molecule has 0 unspecified atom stereocenters. The summed E-state index contributed by atoms with van der Waals surface area (Å²) < 4.78 is 0. The predicted molar refractivity (Wildman–Crippen MR) is 65.1 cm³/mol. The monoisotopic (exact) mass is 234 g/mol. The van der Waals surface area contributed by atoms with Crippen LogP contribution in [0.1, 0.15) is 24.4 Å². The van der Waals surface area contributed by atoms with Crippen LogP contribution in [0, 0.1) is 5.41 Å². The van der Waals surface area contributed by atoms with E-state index in [0.29, 0.717) is 6.54 Å². The molecule has 1 fully saturated rings. The summed E-state index contributed by atoms with van der Waals surface area (Å²) in [6.45, 7) is 0.280. The van der Waals surface area contributed by atoms with Gasteiger partial charge >= 0.3 is 0 Å². The highest BCUT2D eigenvalue weighted by Crippen LogP contribution is 2.45. The number of rotatable bonds is 5. The first kappa shape index (κ1) is 12.1. The number of aliphatic hydroxyl groups excluding tert-OH is 1. The molecule has 1 amide bonds. The van der Waals surface area contributed by atoms with Gasteiger partial charge in [0, 0.05) is 6.54 Å². The van der Waals surface area contributed by atoms with Crippen LogP contribution in [-0.4, -0.2) is 24.2 Å². The van der Waals surface area contributed by atoms with Gasteiger partial charge in [0.25, 0.3) is 0 Å². The second-order valence-electron chi connectivity index (χ2n) is 4.60. The molecule has 1 aromatic carbocycles. The zero-order valence-electron chi connectivity index (χ0n) is 9.73. The summed E-state index contributed by atoms with van der Waals surface area (Å²) in [6, 6.07) is 9.13. The molecule has 0 radical (unpaired) electrons. The van der Waals surface area contributed by atoms with Gasteiger partial charge in [0.15, 0.2) is 0 Å². The Morgan fingerprint density at radius 2 is 2.06 bits per heavy atom. The molecular weight excluding hydrogens is 216 g/mol. The summed E-state index contributed by atoms with van der Waals surface area (Å²) in [6.07, 6.45) is 1.70. The molecule has 0 aliphatic heterocycles. The number of hydrogen-bond donors (Lipinski definition) is 3. The van der Waals surface area contributed by atoms with E-state index in [-0.39, 0.29) is 24.0 Å². The second kappa shape index (κ2) is 4.85. The Morgan fingerprint density at radius 1 is 1.41 bits per heavy atom. The molecule has 0 saturated heterocycles. The minimum Gasteiger partial charge on any atom is -0.394 e. The van der Waals surface area contributed by atoms with Crippen LogP contribution in [0.5, 0.6) is 0 Å². The summed E-state index contributed by atoms with van der Waals surface area (Å²) in [5, 5.41) is 12.2. The van der Waals surface area contributed by atoms with E-state index >= 15 is 0 Å². The molecular formula is C13H18N2O2. The van der Waals surface area contributed by atoms with Crippen molar-refractivity contribution in [1.82, 2.24) is 5.32 Å². The fraction of sp³-hybridized carbons (Fsp3) is 0.462. The average molecular weight is 234 g/mol. The van der Waals surface area contributed by atoms with Gasteiger partial charge in [-0.2, -0.15) is 0 Å². The number of aliphatic hydroxyl groups is 1. The Kier molecular flexibility index (Phi) is 3.45. The zero-order valence-corrected chi connectivity index (χ0v) is 9.73. The van der Waals surface area contributed by atoms with Crippen molar-refractivity contribution in [2.45, 2.75) is 18.9 Å². The van der Waals surface area contributed by atoms with E-state index in [2.05, 4.69) is 5.32 Å². The molecule has 1 aliphatic rings. The Balaban J connectivity index is 2.04. The van der Waals surface area contributed by atoms with Gasteiger partial charge in [-0.3, -0.25) is 4.79 Å². The fourth-order valence-electron chi connectivity index (χ4n) is 1.91. The lowest BCUT2D eigenvalue weighted by Crippen LogP contribution is -2.39. The number of carbonyl (C=O) groups excluding carboxylic acids is 1. The van der Waals surface area contributed by atoms with Crippen molar-refractivity contribution >= 4 is 5.91 Å². The third-order valence-electron chi connectivity index (χ3n) is 3.42. The Morgan fingerprint density at radius 3 is 2.53 bits per heavy atom. The van der Waals surface area contributed by atoms with Crippen LogP contribution >= 0.6 is 0 Å². The van der Waals surface area contributed by atoms with Crippen molar-refractivity contribution in [2.24, 2.45) is 11.1 Å². The van der Waals surface area contributed by atoms with Gasteiger partial charge in [0.05, 0.1) is 18.1 Å². The summed E-state index contributed by atoms with van der Waals surface area (Å²) >= 11 is 0. The summed E-state index contributed by atoms with van der Waals surface area (Å²) in [5.41, 5.74) is 6.14. The van der Waals surface area contributed by atoms with E-state index in [4.69, 9.17) is 5.73 Å². The zero-order chi connectivity index (χ0) is 12.3. The number of amides is 1. The first-order valence-electron chi connectivity index (χ1n) is 5.89. The highest BCUT2D eigenvalue weighted by atomic mass is 16.3. The smallest absolute Gasteiger partial charge is 0.228 e. The molecule has 0 heterocycles. The average Bonchev–Trinajstić information content (AvgIpc) is 3.17. The first-order valence-corrected chi connectivity index (χ1v) is 5.89. The van der Waals surface area contributed by atoms with E-state index in [0.717, 1.165) is 18.4 Å². The number of carbonyl (C=O) groups is 1. The molecule has 1 aromatic rings. The van der Waals surface area contributed by atoms with Crippen LogP contribution in [0.25, 0.3) is 0 Å². The summed E-state index contributed by atoms with van der Waals surface area (Å²) in [7, 11) is 0. The number of hydrogen-bond acceptors (Lipinski definition) is 3. The Bertz CT molecular complexity index is 388. The molecule has 17 heavy (non-hydrogen) atoms. The van der Waals surface area contributed by atoms with Gasteiger partial charge in [-0.25, -0.2) is 0 Å². The largest absolute Gasteiger partial charge is 0.394 e. The van der Waals surface area contributed by atoms with Crippen molar-refractivity contribution in [3.63, 3.8) is 0 Å². The lowest BCUT2D eigenvalue weighted by Gasteiger charge is -2.20. The Hall–Kier alpha value is -1.39. The van der Waals surface area contributed by atoms with Gasteiger partial charge in [0.2, 0.25) is 5.91 Å². The van der Waals surface area contributed by atoms with Crippen molar-refractivity contribution < 1.29 is 9.90 Å². The molecule has 1 atom stereocenters. The van der Waals surface area contributed by atoms with E-state index < -0.39 is 0 Å². The highest BCUT2D eigenvalue weighted by molar-refractivity contribution is 5.85. The quantitative estimate of drug-likeness (QED) is 0.697. The van der Waals surface area contributed by atoms with E-state index in [9.17, 15) is 9.90 Å². The molecule has 1 saturated carbocycles. The maximum atomic E-state index is 12.0. The normalized spacial score (nSPS) is 18.5. The molecule has 2 rings (SSSR count). The van der Waals surface area contributed by atoms with Crippen LogP contribution in [0.3, 0.4) is 0 Å². The Labute approximate surface area is 101 Å². The van der Waals surface area contributed by atoms with Crippen molar-refractivity contribution in [2.75, 3.05) is 13.2 Å². The van der Waals surface area contributed by atoms with Gasteiger partial charge < -0.3 is 16.2 Å². The first-order chi connectivity index (χ1) is 8.22. The summed E-state index contributed by atoms with van der Waals surface area (Å²) in [4.78, 5) is 12.0. The molecule has 0 aromatic heterocycles. The second-order valence-corrected chi connectivity index (χ2v) is 4.60.